The largest absolute Gasteiger partial charge is 1.00 e. The van der Waals surface area contributed by atoms with Crippen molar-refractivity contribution in [3.63, 3.8) is 0 Å². The molecule has 0 aliphatic heterocycles. The van der Waals surface area contributed by atoms with Crippen molar-refractivity contribution in [1.82, 2.24) is 4.57 Å². The molecule has 1 heterocycles. The molecule has 12 heavy (non-hydrogen) atoms. The number of imidazole rings is 1. The summed E-state index contributed by atoms with van der Waals surface area (Å²) in [5, 5.41) is 11.5. The summed E-state index contributed by atoms with van der Waals surface area (Å²) in [6.07, 6.45) is 5.79. The number of halogens is 1. The fraction of sp³-hybridized carbons (Fsp3) is 0.429. The molecule has 0 aliphatic carbocycles. The van der Waals surface area contributed by atoms with Gasteiger partial charge < -0.3 is 22.2 Å². The predicted molar refractivity (Wildman–Crippen MR) is 40.5 cm³/mol. The van der Waals surface area contributed by atoms with Crippen LogP contribution in [0.25, 0.3) is 0 Å². The van der Waals surface area contributed by atoms with Crippen molar-refractivity contribution in [2.75, 3.05) is 0 Å². The van der Waals surface area contributed by atoms with Crippen molar-refractivity contribution in [3.05, 3.63) is 18.7 Å². The monoisotopic (exact) mass is 233 g/mol. The highest BCUT2D eigenvalue weighted by atomic mass is 79.9. The predicted octanol–water partition coefficient (Wildman–Crippen LogP) is -2.83. The molecule has 0 spiro atoms. The molecule has 0 amide bonds. The van der Waals surface area contributed by atoms with E-state index in [-0.39, 0.29) is 17.0 Å². The van der Waals surface area contributed by atoms with Crippen LogP contribution in [-0.2, 0) is 13.6 Å². The van der Waals surface area contributed by atoms with Gasteiger partial charge in [-0.25, -0.2) is 9.13 Å². The summed E-state index contributed by atoms with van der Waals surface area (Å²) in [6.45, 7) is 2.41. The number of aryl methyl sites for hydroxylation is 1. The Morgan fingerprint density at radius 2 is 2.33 bits per heavy atom. The second kappa shape index (κ2) is 4.92. The molecule has 0 unspecified atom stereocenters. The first kappa shape index (κ1) is 11.2. The summed E-state index contributed by atoms with van der Waals surface area (Å²) < 4.78 is 3.87. The quantitative estimate of drug-likeness (QED) is 0.255. The van der Waals surface area contributed by atoms with E-state index < -0.39 is 0 Å². The highest BCUT2D eigenvalue weighted by molar-refractivity contribution is 5.80. The lowest BCUT2D eigenvalue weighted by molar-refractivity contribution is -0.671. The van der Waals surface area contributed by atoms with E-state index in [1.165, 1.54) is 0 Å². The molecule has 0 fully saturated rings. The van der Waals surface area contributed by atoms with E-state index in [0.29, 0.717) is 12.3 Å². The number of oxime groups is 1. The lowest BCUT2D eigenvalue weighted by Gasteiger charge is -1.91. The van der Waals surface area contributed by atoms with Gasteiger partial charge in [-0.1, -0.05) is 5.16 Å². The standard InChI is InChI=1S/C7H11N3O.BrH/c1-7(8-11)5-10-4-3-9(2)6-10;/h3-4,6H,5H2,1-2H3;1H/b8-7-;. The molecule has 4 nitrogen and oxygen atoms in total. The molecule has 5 heteroatoms. The number of nitrogens with zero attached hydrogens (tertiary/aromatic N) is 3. The van der Waals surface area contributed by atoms with Gasteiger partial charge in [-0.05, 0) is 6.92 Å². The van der Waals surface area contributed by atoms with Crippen LogP contribution in [0.15, 0.2) is 23.9 Å². The lowest BCUT2D eigenvalue weighted by Crippen LogP contribution is -3.00. The zero-order chi connectivity index (χ0) is 8.27. The van der Waals surface area contributed by atoms with E-state index in [9.17, 15) is 0 Å². The average Bonchev–Trinajstić information content (AvgIpc) is 2.35. The third-order valence-electron chi connectivity index (χ3n) is 1.41. The van der Waals surface area contributed by atoms with Gasteiger partial charge in [0.25, 0.3) is 0 Å². The summed E-state index contributed by atoms with van der Waals surface area (Å²) in [7, 11) is 1.95. The second-order valence-corrected chi connectivity index (χ2v) is 2.59. The van der Waals surface area contributed by atoms with Crippen LogP contribution < -0.4 is 21.5 Å². The molecular weight excluding hydrogens is 222 g/mol. The molecule has 0 atom stereocenters. The van der Waals surface area contributed by atoms with Crippen LogP contribution in [0.4, 0.5) is 0 Å². The van der Waals surface area contributed by atoms with Gasteiger partial charge in [-0.15, -0.1) is 0 Å². The summed E-state index contributed by atoms with van der Waals surface area (Å²) >= 11 is 0. The summed E-state index contributed by atoms with van der Waals surface area (Å²) in [5.74, 6) is 0. The van der Waals surface area contributed by atoms with Gasteiger partial charge in [-0.2, -0.15) is 0 Å². The Balaban J connectivity index is 0.00000121. The van der Waals surface area contributed by atoms with Gasteiger partial charge in [0.05, 0.1) is 12.8 Å². The molecule has 0 saturated carbocycles. The molecule has 0 aromatic carbocycles. The first-order valence-corrected chi connectivity index (χ1v) is 3.41. The van der Waals surface area contributed by atoms with Crippen LogP contribution >= 0.6 is 0 Å². The zero-order valence-corrected chi connectivity index (χ0v) is 8.69. The normalized spacial score (nSPS) is 11.0. The van der Waals surface area contributed by atoms with Gasteiger partial charge in [0.15, 0.2) is 0 Å². The van der Waals surface area contributed by atoms with E-state index in [1.807, 2.05) is 34.9 Å². The van der Waals surface area contributed by atoms with Crippen LogP contribution in [0.1, 0.15) is 6.92 Å². The van der Waals surface area contributed by atoms with Crippen LogP contribution in [0.5, 0.6) is 0 Å². The first-order valence-electron chi connectivity index (χ1n) is 3.41. The van der Waals surface area contributed by atoms with Crippen LogP contribution in [0.2, 0.25) is 0 Å². The van der Waals surface area contributed by atoms with Gasteiger partial charge >= 0.3 is 0 Å². The fourth-order valence-electron chi connectivity index (χ4n) is 0.891. The lowest BCUT2D eigenvalue weighted by atomic mass is 10.4. The zero-order valence-electron chi connectivity index (χ0n) is 7.11. The van der Waals surface area contributed by atoms with E-state index in [4.69, 9.17) is 5.21 Å². The molecule has 0 bridgehead atoms. The summed E-state index contributed by atoms with van der Waals surface area (Å²) in [6, 6.07) is 0. The van der Waals surface area contributed by atoms with E-state index in [0.717, 1.165) is 0 Å². The number of hydrogen-bond donors (Lipinski definition) is 1. The smallest absolute Gasteiger partial charge is 0.243 e. The highest BCUT2D eigenvalue weighted by Gasteiger charge is 2.00. The Hall–Kier alpha value is -0.840. The molecule has 0 saturated heterocycles. The summed E-state index contributed by atoms with van der Waals surface area (Å²) in [5.41, 5.74) is 0.696. The molecule has 0 aliphatic rings. The maximum Gasteiger partial charge on any atom is 0.243 e. The maximum atomic E-state index is 8.37. The van der Waals surface area contributed by atoms with Crippen molar-refractivity contribution in [2.24, 2.45) is 12.2 Å². The van der Waals surface area contributed by atoms with Crippen molar-refractivity contribution in [2.45, 2.75) is 13.5 Å². The molecule has 1 N–H and O–H groups in total. The van der Waals surface area contributed by atoms with Crippen molar-refractivity contribution in [1.29, 1.82) is 0 Å². The minimum absolute atomic E-state index is 0. The van der Waals surface area contributed by atoms with E-state index >= 15 is 0 Å². The van der Waals surface area contributed by atoms with Gasteiger partial charge in [0, 0.05) is 0 Å². The molecular formula is C7H12BrN3O. The number of rotatable bonds is 2. The Bertz CT molecular complexity index is 269. The third-order valence-corrected chi connectivity index (χ3v) is 1.41. The first-order chi connectivity index (χ1) is 5.22. The molecule has 68 valence electrons. The number of aromatic nitrogens is 2. The Labute approximate surface area is 81.9 Å². The van der Waals surface area contributed by atoms with Crippen molar-refractivity contribution in [3.8, 4) is 0 Å². The van der Waals surface area contributed by atoms with E-state index in [2.05, 4.69) is 5.16 Å². The Kier molecular flexibility index (Phi) is 4.58. The average molecular weight is 234 g/mol. The van der Waals surface area contributed by atoms with Crippen molar-refractivity contribution < 1.29 is 26.8 Å². The minimum Gasteiger partial charge on any atom is -1.00 e. The van der Waals surface area contributed by atoms with Crippen LogP contribution in [-0.4, -0.2) is 15.5 Å². The SMILES string of the molecule is C/C(Cn1cc[n+](C)c1)=N/O.[Br-]. The number of hydrogen-bond acceptors (Lipinski definition) is 2. The van der Waals surface area contributed by atoms with E-state index in [1.54, 1.807) is 6.92 Å². The van der Waals surface area contributed by atoms with Crippen molar-refractivity contribution >= 4 is 5.71 Å². The molecule has 0 radical (unpaired) electrons. The fourth-order valence-corrected chi connectivity index (χ4v) is 0.891. The third kappa shape index (κ3) is 3.04. The Morgan fingerprint density at radius 3 is 2.75 bits per heavy atom. The topological polar surface area (TPSA) is 41.4 Å². The molecule has 1 aromatic rings. The van der Waals surface area contributed by atoms with Gasteiger partial charge in [-0.3, -0.25) is 0 Å². The summed E-state index contributed by atoms with van der Waals surface area (Å²) in [4.78, 5) is 0. The molecule has 1 aromatic heterocycles. The van der Waals surface area contributed by atoms with Crippen LogP contribution in [0, 0.1) is 0 Å². The maximum absolute atomic E-state index is 8.37. The van der Waals surface area contributed by atoms with Crippen LogP contribution in [0.3, 0.4) is 0 Å². The molecule has 1 rings (SSSR count). The minimum atomic E-state index is 0. The second-order valence-electron chi connectivity index (χ2n) is 2.59. The van der Waals surface area contributed by atoms with Gasteiger partial charge in [0.2, 0.25) is 6.33 Å². The highest BCUT2D eigenvalue weighted by Crippen LogP contribution is 1.85. The van der Waals surface area contributed by atoms with Gasteiger partial charge in [0.1, 0.15) is 18.9 Å². The Morgan fingerprint density at radius 1 is 1.67 bits per heavy atom.